The van der Waals surface area contributed by atoms with Crippen LogP contribution in [0.3, 0.4) is 0 Å². The molecule has 1 aromatic rings. The first kappa shape index (κ1) is 18.6. The molecule has 6 heteroatoms. The van der Waals surface area contributed by atoms with Crippen LogP contribution in [0.1, 0.15) is 44.2 Å². The number of halogens is 3. The van der Waals surface area contributed by atoms with Crippen molar-refractivity contribution in [2.45, 2.75) is 44.7 Å². The molecule has 1 saturated carbocycles. The lowest BCUT2D eigenvalue weighted by Gasteiger charge is -2.27. The van der Waals surface area contributed by atoms with E-state index in [0.29, 0.717) is 10.0 Å². The first-order valence-electron chi connectivity index (χ1n) is 6.99. The topological polar surface area (TPSA) is 55.1 Å². The van der Waals surface area contributed by atoms with Crippen molar-refractivity contribution < 1.29 is 4.79 Å². The quantitative estimate of drug-likeness (QED) is 0.861. The van der Waals surface area contributed by atoms with E-state index in [1.807, 2.05) is 19.1 Å². The Labute approximate surface area is 142 Å². The normalized spacial score (nSPS) is 23.0. The standard InChI is InChI=1S/C15H20Cl2N2O.ClH/c1-9(12-6-3-7-13(16)14(12)17)19-15(20)10-4-2-5-11(18)8-10;/h3,6-7,9-11H,2,4-5,8,18H2,1H3,(H,19,20);1H. The van der Waals surface area contributed by atoms with Crippen molar-refractivity contribution in [3.63, 3.8) is 0 Å². The monoisotopic (exact) mass is 350 g/mol. The molecule has 1 aliphatic carbocycles. The van der Waals surface area contributed by atoms with Gasteiger partial charge in [0.25, 0.3) is 0 Å². The summed E-state index contributed by atoms with van der Waals surface area (Å²) in [5.74, 6) is 0.0721. The van der Waals surface area contributed by atoms with E-state index in [1.54, 1.807) is 6.07 Å². The van der Waals surface area contributed by atoms with Gasteiger partial charge in [-0.1, -0.05) is 41.8 Å². The van der Waals surface area contributed by atoms with Crippen LogP contribution in [0, 0.1) is 5.92 Å². The largest absolute Gasteiger partial charge is 0.349 e. The molecule has 21 heavy (non-hydrogen) atoms. The van der Waals surface area contributed by atoms with Crippen LogP contribution in [0.2, 0.25) is 10.0 Å². The third-order valence-corrected chi connectivity index (χ3v) is 4.73. The minimum absolute atomic E-state index is 0. The number of carbonyl (C=O) groups excluding carboxylic acids is 1. The van der Waals surface area contributed by atoms with E-state index in [9.17, 15) is 4.79 Å². The molecule has 118 valence electrons. The second-order valence-electron chi connectivity index (χ2n) is 5.50. The zero-order chi connectivity index (χ0) is 14.7. The number of rotatable bonds is 3. The van der Waals surface area contributed by atoms with Crippen LogP contribution in [0.25, 0.3) is 0 Å². The first-order valence-corrected chi connectivity index (χ1v) is 7.74. The van der Waals surface area contributed by atoms with Crippen LogP contribution in [0.4, 0.5) is 0 Å². The lowest BCUT2D eigenvalue weighted by molar-refractivity contribution is -0.126. The maximum absolute atomic E-state index is 12.3. The van der Waals surface area contributed by atoms with Gasteiger partial charge in [-0.25, -0.2) is 0 Å². The van der Waals surface area contributed by atoms with Gasteiger partial charge in [-0.15, -0.1) is 12.4 Å². The van der Waals surface area contributed by atoms with Crippen LogP contribution >= 0.6 is 35.6 Å². The Balaban J connectivity index is 0.00000220. The Morgan fingerprint density at radius 1 is 1.38 bits per heavy atom. The van der Waals surface area contributed by atoms with Crippen molar-refractivity contribution >= 4 is 41.5 Å². The number of hydrogen-bond acceptors (Lipinski definition) is 2. The minimum Gasteiger partial charge on any atom is -0.349 e. The van der Waals surface area contributed by atoms with E-state index in [2.05, 4.69) is 5.32 Å². The highest BCUT2D eigenvalue weighted by Gasteiger charge is 2.26. The fourth-order valence-electron chi connectivity index (χ4n) is 2.73. The van der Waals surface area contributed by atoms with E-state index in [1.165, 1.54) is 0 Å². The zero-order valence-corrected chi connectivity index (χ0v) is 14.3. The lowest BCUT2D eigenvalue weighted by Crippen LogP contribution is -2.38. The summed E-state index contributed by atoms with van der Waals surface area (Å²) in [6.45, 7) is 1.91. The average molecular weight is 352 g/mol. The van der Waals surface area contributed by atoms with Crippen molar-refractivity contribution in [2.24, 2.45) is 11.7 Å². The van der Waals surface area contributed by atoms with Gasteiger partial charge in [0.2, 0.25) is 5.91 Å². The van der Waals surface area contributed by atoms with Gasteiger partial charge < -0.3 is 11.1 Å². The fourth-order valence-corrected chi connectivity index (χ4v) is 3.20. The molecule has 0 spiro atoms. The van der Waals surface area contributed by atoms with Gasteiger partial charge in [0, 0.05) is 12.0 Å². The third kappa shape index (κ3) is 4.75. The molecule has 1 fully saturated rings. The SMILES string of the molecule is CC(NC(=O)C1CCCC(N)C1)c1cccc(Cl)c1Cl.Cl. The molecular formula is C15H21Cl3N2O. The molecule has 1 aromatic carbocycles. The van der Waals surface area contributed by atoms with E-state index >= 15 is 0 Å². The van der Waals surface area contributed by atoms with Crippen LogP contribution in [-0.2, 0) is 4.79 Å². The molecule has 0 heterocycles. The van der Waals surface area contributed by atoms with Crippen molar-refractivity contribution in [1.82, 2.24) is 5.32 Å². The van der Waals surface area contributed by atoms with Gasteiger partial charge in [-0.2, -0.15) is 0 Å². The third-order valence-electron chi connectivity index (χ3n) is 3.89. The van der Waals surface area contributed by atoms with Gasteiger partial charge in [0.05, 0.1) is 16.1 Å². The van der Waals surface area contributed by atoms with Crippen molar-refractivity contribution in [2.75, 3.05) is 0 Å². The summed E-state index contributed by atoms with van der Waals surface area (Å²) >= 11 is 12.2. The maximum atomic E-state index is 12.3. The minimum atomic E-state index is -0.160. The second kappa shape index (κ2) is 8.23. The predicted octanol–water partition coefficient (Wildman–Crippen LogP) is 4.11. The Hall–Kier alpha value is -0.480. The molecule has 3 unspecified atom stereocenters. The van der Waals surface area contributed by atoms with Crippen molar-refractivity contribution in [3.8, 4) is 0 Å². The molecule has 0 radical (unpaired) electrons. The van der Waals surface area contributed by atoms with Gasteiger partial charge >= 0.3 is 0 Å². The highest BCUT2D eigenvalue weighted by Crippen LogP contribution is 2.30. The fraction of sp³-hybridized carbons (Fsp3) is 0.533. The molecule has 0 aromatic heterocycles. The number of amides is 1. The number of benzene rings is 1. The van der Waals surface area contributed by atoms with Gasteiger partial charge in [0.15, 0.2) is 0 Å². The van der Waals surface area contributed by atoms with Crippen molar-refractivity contribution in [1.29, 1.82) is 0 Å². The Kier molecular flexibility index (Phi) is 7.28. The van der Waals surface area contributed by atoms with E-state index < -0.39 is 0 Å². The van der Waals surface area contributed by atoms with Crippen LogP contribution < -0.4 is 11.1 Å². The average Bonchev–Trinajstić information content (AvgIpc) is 2.41. The van der Waals surface area contributed by atoms with E-state index in [-0.39, 0.29) is 36.3 Å². The predicted molar refractivity (Wildman–Crippen MR) is 90.2 cm³/mol. The molecule has 3 atom stereocenters. The summed E-state index contributed by atoms with van der Waals surface area (Å²) in [5.41, 5.74) is 6.77. The number of nitrogens with one attached hydrogen (secondary N) is 1. The summed E-state index contributed by atoms with van der Waals surface area (Å²) in [7, 11) is 0. The lowest BCUT2D eigenvalue weighted by atomic mass is 9.85. The molecule has 0 bridgehead atoms. The van der Waals surface area contributed by atoms with Gasteiger partial charge in [-0.05, 0) is 37.8 Å². The zero-order valence-electron chi connectivity index (χ0n) is 11.9. The molecule has 1 amide bonds. The summed E-state index contributed by atoms with van der Waals surface area (Å²) < 4.78 is 0. The Bertz CT molecular complexity index is 496. The number of carbonyl (C=O) groups is 1. The maximum Gasteiger partial charge on any atom is 0.223 e. The van der Waals surface area contributed by atoms with Crippen LogP contribution in [0.5, 0.6) is 0 Å². The number of hydrogen-bond donors (Lipinski definition) is 2. The van der Waals surface area contributed by atoms with Gasteiger partial charge in [0.1, 0.15) is 0 Å². The molecule has 0 aliphatic heterocycles. The number of nitrogens with two attached hydrogens (primary N) is 1. The highest BCUT2D eigenvalue weighted by molar-refractivity contribution is 6.42. The smallest absolute Gasteiger partial charge is 0.223 e. The van der Waals surface area contributed by atoms with Crippen molar-refractivity contribution in [3.05, 3.63) is 33.8 Å². The molecular weight excluding hydrogens is 331 g/mol. The molecule has 0 saturated heterocycles. The van der Waals surface area contributed by atoms with Gasteiger partial charge in [-0.3, -0.25) is 4.79 Å². The molecule has 1 aliphatic rings. The second-order valence-corrected chi connectivity index (χ2v) is 6.28. The molecule has 2 rings (SSSR count). The Morgan fingerprint density at radius 3 is 2.76 bits per heavy atom. The van der Waals surface area contributed by atoms with Crippen LogP contribution in [-0.4, -0.2) is 11.9 Å². The summed E-state index contributed by atoms with van der Waals surface area (Å²) in [4.78, 5) is 12.3. The van der Waals surface area contributed by atoms with E-state index in [0.717, 1.165) is 31.2 Å². The highest BCUT2D eigenvalue weighted by atomic mass is 35.5. The summed E-state index contributed by atoms with van der Waals surface area (Å²) in [6, 6.07) is 5.44. The molecule has 3 nitrogen and oxygen atoms in total. The Morgan fingerprint density at radius 2 is 2.10 bits per heavy atom. The summed E-state index contributed by atoms with van der Waals surface area (Å²) in [5, 5.41) is 4.02. The van der Waals surface area contributed by atoms with E-state index in [4.69, 9.17) is 28.9 Å². The van der Waals surface area contributed by atoms with Crippen LogP contribution in [0.15, 0.2) is 18.2 Å². The molecule has 3 N–H and O–H groups in total. The summed E-state index contributed by atoms with van der Waals surface area (Å²) in [6.07, 6.45) is 3.71. The first-order chi connectivity index (χ1) is 9.49.